The number of methoxy groups -OCH3 is 2. The molecule has 1 heterocycles. The molecule has 0 aliphatic carbocycles. The van der Waals surface area contributed by atoms with Crippen LogP contribution in [0.1, 0.15) is 95.1 Å². The van der Waals surface area contributed by atoms with Gasteiger partial charge in [0.2, 0.25) is 0 Å². The van der Waals surface area contributed by atoms with Gasteiger partial charge in [0.1, 0.15) is 11.5 Å². The Labute approximate surface area is 371 Å². The third kappa shape index (κ3) is 10.9. The molecule has 1 aromatic heterocycles. The van der Waals surface area contributed by atoms with Gasteiger partial charge < -0.3 is 14.8 Å². The summed E-state index contributed by atoms with van der Waals surface area (Å²) in [5.74, 6) is 1.64. The van der Waals surface area contributed by atoms with E-state index in [2.05, 4.69) is 104 Å². The molecule has 6 aromatic carbocycles. The molecule has 60 heavy (non-hydrogen) atoms. The van der Waals surface area contributed by atoms with E-state index in [9.17, 15) is 4.79 Å². The molecule has 0 atom stereocenters. The second-order valence-electron chi connectivity index (χ2n) is 17.9. The van der Waals surface area contributed by atoms with E-state index < -0.39 is 0 Å². The van der Waals surface area contributed by atoms with E-state index in [0.29, 0.717) is 20.6 Å². The zero-order valence-corrected chi connectivity index (χ0v) is 39.1. The van der Waals surface area contributed by atoms with Crippen LogP contribution in [0.15, 0.2) is 121 Å². The molecule has 0 aliphatic rings. The van der Waals surface area contributed by atoms with Crippen LogP contribution in [-0.4, -0.2) is 24.7 Å². The number of ether oxygens (including phenoxy) is 2. The molecule has 0 saturated carbocycles. The highest BCUT2D eigenvalue weighted by atomic mass is 35.5. The normalized spacial score (nSPS) is 11.7. The third-order valence-corrected chi connectivity index (χ3v) is 11.2. The molecule has 0 aliphatic heterocycles. The summed E-state index contributed by atoms with van der Waals surface area (Å²) in [5, 5.41) is 8.76. The van der Waals surface area contributed by atoms with E-state index in [-0.39, 0.29) is 22.2 Å². The number of anilines is 2. The molecule has 7 aromatic rings. The Hall–Kier alpha value is -4.94. The summed E-state index contributed by atoms with van der Waals surface area (Å²) in [5.41, 5.74) is 8.15. The lowest BCUT2D eigenvalue weighted by molar-refractivity contribution is 0.0962. The molecule has 0 unspecified atom stereocenters. The van der Waals surface area contributed by atoms with Crippen molar-refractivity contribution < 1.29 is 14.3 Å². The maximum absolute atomic E-state index is 13.2. The Kier molecular flexibility index (Phi) is 14.4. The highest BCUT2D eigenvalue weighted by molar-refractivity contribution is 6.39. The van der Waals surface area contributed by atoms with Crippen LogP contribution in [0, 0.1) is 6.92 Å². The molecule has 1 N–H and O–H groups in total. The SMILES string of the molecule is CC(C)(C)c1ccccc1Nc1c(Cl)cccc1Cl.COc1ccc2c(c1)c(C(C)(C)C)c(C)n2C(=O)c1ccc(Cl)cc1.COc1ccc2cc(C(C)(C)C)ccc2c1. The van der Waals surface area contributed by atoms with Gasteiger partial charge in [0, 0.05) is 27.4 Å². The number of nitrogens with one attached hydrogen (secondary N) is 1. The number of para-hydroxylation sites is 2. The molecular formula is C52H57Cl3N2O3. The van der Waals surface area contributed by atoms with Gasteiger partial charge in [-0.15, -0.1) is 0 Å². The minimum atomic E-state index is -0.0970. The molecule has 8 heteroatoms. The summed E-state index contributed by atoms with van der Waals surface area (Å²) >= 11 is 18.4. The first-order chi connectivity index (χ1) is 28.1. The van der Waals surface area contributed by atoms with Gasteiger partial charge in [0.05, 0.1) is 35.5 Å². The van der Waals surface area contributed by atoms with Gasteiger partial charge in [-0.25, -0.2) is 0 Å². The topological polar surface area (TPSA) is 52.5 Å². The lowest BCUT2D eigenvalue weighted by Gasteiger charge is -2.24. The Morgan fingerprint density at radius 3 is 1.75 bits per heavy atom. The smallest absolute Gasteiger partial charge is 0.262 e. The number of halogens is 3. The number of carbonyl (C=O) groups is 1. The molecule has 0 fully saturated rings. The summed E-state index contributed by atoms with van der Waals surface area (Å²) < 4.78 is 12.4. The standard InChI is InChI=1S/C21H22ClNO2.C16H17Cl2N.C15H18O/c1-13-19(21(2,3)4)17-12-16(25-5)10-11-18(17)23(13)20(24)14-6-8-15(22)9-7-14;1-16(2,3)11-7-4-5-10-14(11)19-15-12(17)8-6-9-13(15)18;1-15(2,3)13-7-5-12-10-14(16-4)8-6-11(12)9-13/h6-12H,1-5H3;4-10,19H,1-3H3;5-10H,1-4H3. The van der Waals surface area contributed by atoms with E-state index in [1.54, 1.807) is 43.1 Å². The van der Waals surface area contributed by atoms with Gasteiger partial charge in [-0.1, -0.05) is 146 Å². The van der Waals surface area contributed by atoms with Crippen LogP contribution in [0.2, 0.25) is 15.1 Å². The summed E-state index contributed by atoms with van der Waals surface area (Å²) in [4.78, 5) is 13.2. The zero-order chi connectivity index (χ0) is 44.2. The van der Waals surface area contributed by atoms with Crippen LogP contribution >= 0.6 is 34.8 Å². The number of nitrogens with zero attached hydrogens (tertiary/aromatic N) is 1. The average molecular weight is 864 g/mol. The van der Waals surface area contributed by atoms with Crippen molar-refractivity contribution in [3.05, 3.63) is 164 Å². The minimum Gasteiger partial charge on any atom is -0.497 e. The van der Waals surface area contributed by atoms with Crippen molar-refractivity contribution in [3.63, 3.8) is 0 Å². The molecule has 7 rings (SSSR count). The minimum absolute atomic E-state index is 0.0529. The lowest BCUT2D eigenvalue weighted by atomic mass is 9.85. The fourth-order valence-corrected chi connectivity index (χ4v) is 7.89. The second kappa shape index (κ2) is 18.8. The number of benzene rings is 6. The van der Waals surface area contributed by atoms with Crippen molar-refractivity contribution in [2.24, 2.45) is 0 Å². The van der Waals surface area contributed by atoms with Crippen LogP contribution in [0.3, 0.4) is 0 Å². The van der Waals surface area contributed by atoms with Gasteiger partial charge in [0.25, 0.3) is 5.91 Å². The third-order valence-electron chi connectivity index (χ3n) is 10.3. The van der Waals surface area contributed by atoms with Crippen molar-refractivity contribution in [1.29, 1.82) is 0 Å². The first-order valence-corrected chi connectivity index (χ1v) is 21.2. The molecule has 0 radical (unpaired) electrons. The first-order valence-electron chi connectivity index (χ1n) is 20.0. The number of hydrogen-bond acceptors (Lipinski definition) is 4. The van der Waals surface area contributed by atoms with E-state index in [0.717, 1.165) is 45.0 Å². The number of aromatic nitrogens is 1. The largest absolute Gasteiger partial charge is 0.497 e. The van der Waals surface area contributed by atoms with Crippen molar-refractivity contribution >= 4 is 73.8 Å². The van der Waals surface area contributed by atoms with E-state index in [4.69, 9.17) is 44.3 Å². The van der Waals surface area contributed by atoms with E-state index in [1.165, 1.54) is 21.9 Å². The van der Waals surface area contributed by atoms with Crippen molar-refractivity contribution in [2.75, 3.05) is 19.5 Å². The summed E-state index contributed by atoms with van der Waals surface area (Å²) in [6, 6.07) is 39.4. The Bertz CT molecular complexity index is 2590. The maximum Gasteiger partial charge on any atom is 0.262 e. The molecule has 0 bridgehead atoms. The first kappa shape index (κ1) is 46.1. The van der Waals surface area contributed by atoms with Gasteiger partial charge in [-0.05, 0) is 123 Å². The van der Waals surface area contributed by atoms with Crippen molar-refractivity contribution in [3.8, 4) is 11.5 Å². The molecular weight excluding hydrogens is 807 g/mol. The van der Waals surface area contributed by atoms with E-state index >= 15 is 0 Å². The number of hydrogen-bond donors (Lipinski definition) is 1. The summed E-state index contributed by atoms with van der Waals surface area (Å²) in [6.07, 6.45) is 0. The molecule has 0 saturated heterocycles. The number of fused-ring (bicyclic) bond motifs is 2. The van der Waals surface area contributed by atoms with Gasteiger partial charge in [-0.3, -0.25) is 9.36 Å². The predicted octanol–water partition coefficient (Wildman–Crippen LogP) is 15.8. The van der Waals surface area contributed by atoms with Gasteiger partial charge in [0.15, 0.2) is 0 Å². The highest BCUT2D eigenvalue weighted by Gasteiger charge is 2.27. The second-order valence-corrected chi connectivity index (χ2v) is 19.2. The monoisotopic (exact) mass is 862 g/mol. The summed E-state index contributed by atoms with van der Waals surface area (Å²) in [6.45, 7) is 21.7. The van der Waals surface area contributed by atoms with Gasteiger partial charge in [-0.2, -0.15) is 0 Å². The Balaban J connectivity index is 0.000000176. The summed E-state index contributed by atoms with van der Waals surface area (Å²) in [7, 11) is 3.35. The van der Waals surface area contributed by atoms with Crippen molar-refractivity contribution in [2.45, 2.75) is 85.5 Å². The lowest BCUT2D eigenvalue weighted by Crippen LogP contribution is -2.17. The fourth-order valence-electron chi connectivity index (χ4n) is 7.27. The van der Waals surface area contributed by atoms with Crippen LogP contribution < -0.4 is 14.8 Å². The van der Waals surface area contributed by atoms with Crippen LogP contribution in [0.4, 0.5) is 11.4 Å². The molecule has 0 spiro atoms. The average Bonchev–Trinajstić information content (AvgIpc) is 3.50. The van der Waals surface area contributed by atoms with Crippen molar-refractivity contribution in [1.82, 2.24) is 4.57 Å². The van der Waals surface area contributed by atoms with Crippen LogP contribution in [0.5, 0.6) is 11.5 Å². The maximum atomic E-state index is 13.2. The quantitative estimate of drug-likeness (QED) is 0.187. The van der Waals surface area contributed by atoms with Crippen LogP contribution in [-0.2, 0) is 16.2 Å². The van der Waals surface area contributed by atoms with Crippen LogP contribution in [0.25, 0.3) is 21.7 Å². The van der Waals surface area contributed by atoms with E-state index in [1.807, 2.05) is 67.6 Å². The fraction of sp³-hybridized carbons (Fsp3) is 0.288. The zero-order valence-electron chi connectivity index (χ0n) is 36.9. The number of carbonyl (C=O) groups excluding carboxylic acids is 1. The van der Waals surface area contributed by atoms with Gasteiger partial charge >= 0.3 is 0 Å². The number of rotatable bonds is 5. The predicted molar refractivity (Wildman–Crippen MR) is 257 cm³/mol. The Morgan fingerprint density at radius 1 is 0.600 bits per heavy atom. The highest BCUT2D eigenvalue weighted by Crippen LogP contribution is 2.39. The molecule has 0 amide bonds. The molecule has 314 valence electrons. The Morgan fingerprint density at radius 2 is 1.17 bits per heavy atom. The molecule has 5 nitrogen and oxygen atoms in total.